The first-order valence-corrected chi connectivity index (χ1v) is 13.2. The van der Waals surface area contributed by atoms with Gasteiger partial charge in [0.05, 0.1) is 35.9 Å². The zero-order valence-corrected chi connectivity index (χ0v) is 23.0. The van der Waals surface area contributed by atoms with E-state index in [4.69, 9.17) is 17.0 Å². The second-order valence-corrected chi connectivity index (χ2v) is 10.2. The molecule has 0 aliphatic carbocycles. The summed E-state index contributed by atoms with van der Waals surface area (Å²) in [4.78, 5) is 35.6. The first-order valence-electron chi connectivity index (χ1n) is 12.8. The van der Waals surface area contributed by atoms with Gasteiger partial charge in [-0.15, -0.1) is 0 Å². The van der Waals surface area contributed by atoms with E-state index in [1.165, 1.54) is 18.7 Å². The van der Waals surface area contributed by atoms with E-state index >= 15 is 0 Å². The summed E-state index contributed by atoms with van der Waals surface area (Å²) in [7, 11) is 0. The van der Waals surface area contributed by atoms with E-state index in [2.05, 4.69) is 20.6 Å². The van der Waals surface area contributed by atoms with Crippen LogP contribution in [0.1, 0.15) is 57.6 Å². The SMILES string of the molecule is CC[C@@H](Nc1cc(C(F)F)c(C(=S)C(N=C(C)C(=O)N[C@@H]2COC[C@H]2O)C(=O)N2CCC[C@@H]2C)cn1)C(F)(F)F. The number of aliphatic hydroxyl groups excluding tert-OH is 1. The Bertz CT molecular complexity index is 1140. The number of aliphatic imine (C=N–C) groups is 1. The quantitative estimate of drug-likeness (QED) is 0.165. The number of ether oxygens (including phenoxy) is 1. The lowest BCUT2D eigenvalue weighted by molar-refractivity contribution is -0.143. The van der Waals surface area contributed by atoms with Crippen LogP contribution in [0.3, 0.4) is 0 Å². The first-order chi connectivity index (χ1) is 18.7. The highest BCUT2D eigenvalue weighted by Crippen LogP contribution is 2.30. The number of carbonyl (C=O) groups is 2. The highest BCUT2D eigenvalue weighted by Gasteiger charge is 2.39. The number of nitrogens with zero attached hydrogens (tertiary/aromatic N) is 3. The Balaban J connectivity index is 1.97. The third kappa shape index (κ3) is 7.49. The fourth-order valence-corrected chi connectivity index (χ4v) is 4.85. The number of hydrogen-bond acceptors (Lipinski definition) is 8. The smallest absolute Gasteiger partial charge is 0.388 e. The fourth-order valence-electron chi connectivity index (χ4n) is 4.53. The minimum atomic E-state index is -4.63. The predicted octanol–water partition coefficient (Wildman–Crippen LogP) is 3.21. The number of anilines is 1. The maximum absolute atomic E-state index is 14.1. The van der Waals surface area contributed by atoms with Gasteiger partial charge in [-0.05, 0) is 39.2 Å². The Hall–Kier alpha value is -2.78. The van der Waals surface area contributed by atoms with Crippen molar-refractivity contribution in [3.05, 3.63) is 23.4 Å². The van der Waals surface area contributed by atoms with Crippen LogP contribution in [0.5, 0.6) is 0 Å². The van der Waals surface area contributed by atoms with E-state index in [1.807, 2.05) is 6.92 Å². The van der Waals surface area contributed by atoms with Gasteiger partial charge >= 0.3 is 6.18 Å². The highest BCUT2D eigenvalue weighted by atomic mass is 32.1. The molecular formula is C25H32F5N5O4S. The summed E-state index contributed by atoms with van der Waals surface area (Å²) in [5.74, 6) is -1.75. The van der Waals surface area contributed by atoms with E-state index in [9.17, 15) is 36.6 Å². The largest absolute Gasteiger partial charge is 0.408 e. The molecule has 222 valence electrons. The van der Waals surface area contributed by atoms with Gasteiger partial charge in [0.25, 0.3) is 18.2 Å². The topological polar surface area (TPSA) is 116 Å². The number of rotatable bonds is 10. The molecule has 9 nitrogen and oxygen atoms in total. The van der Waals surface area contributed by atoms with Crippen LogP contribution < -0.4 is 10.6 Å². The number of nitrogens with one attached hydrogen (secondary N) is 2. The molecule has 2 aliphatic rings. The van der Waals surface area contributed by atoms with Crippen molar-refractivity contribution in [1.82, 2.24) is 15.2 Å². The molecule has 3 heterocycles. The molecule has 1 aromatic rings. The molecular weight excluding hydrogens is 561 g/mol. The lowest BCUT2D eigenvalue weighted by Crippen LogP contribution is -2.47. The molecule has 5 atom stereocenters. The lowest BCUT2D eigenvalue weighted by Gasteiger charge is -2.27. The molecule has 1 unspecified atom stereocenters. The summed E-state index contributed by atoms with van der Waals surface area (Å²) in [6, 6.07) is -3.67. The Morgan fingerprint density at radius 2 is 2.02 bits per heavy atom. The van der Waals surface area contributed by atoms with Gasteiger partial charge in [0.2, 0.25) is 0 Å². The number of aromatic nitrogens is 1. The van der Waals surface area contributed by atoms with Crippen molar-refractivity contribution >= 4 is 40.4 Å². The van der Waals surface area contributed by atoms with Crippen molar-refractivity contribution in [2.24, 2.45) is 4.99 Å². The summed E-state index contributed by atoms with van der Waals surface area (Å²) < 4.78 is 73.0. The van der Waals surface area contributed by atoms with Crippen LogP contribution in [0, 0.1) is 0 Å². The molecule has 3 rings (SSSR count). The van der Waals surface area contributed by atoms with Crippen molar-refractivity contribution in [3.8, 4) is 0 Å². The summed E-state index contributed by atoms with van der Waals surface area (Å²) in [5.41, 5.74) is -1.25. The lowest BCUT2D eigenvalue weighted by atomic mass is 10.0. The third-order valence-corrected chi connectivity index (χ3v) is 7.34. The summed E-state index contributed by atoms with van der Waals surface area (Å²) in [6.07, 6.45) is -6.79. The van der Waals surface area contributed by atoms with Gasteiger partial charge in [0, 0.05) is 29.9 Å². The van der Waals surface area contributed by atoms with E-state index in [0.717, 1.165) is 12.3 Å². The molecule has 0 bridgehead atoms. The average molecular weight is 594 g/mol. The van der Waals surface area contributed by atoms with Crippen LogP contribution in [-0.4, -0.2) is 93.6 Å². The van der Waals surface area contributed by atoms with Crippen molar-refractivity contribution in [3.63, 3.8) is 0 Å². The number of pyridine rings is 1. The van der Waals surface area contributed by atoms with Gasteiger partial charge in [-0.1, -0.05) is 19.1 Å². The monoisotopic (exact) mass is 593 g/mol. The van der Waals surface area contributed by atoms with Crippen LogP contribution in [0.4, 0.5) is 27.8 Å². The maximum Gasteiger partial charge on any atom is 0.408 e. The number of hydrogen-bond donors (Lipinski definition) is 3. The maximum atomic E-state index is 14.1. The second-order valence-electron chi connectivity index (χ2n) is 9.79. The standard InChI is InChI=1S/C25H32F5N5O4S/c1-4-18(25(28,29)30)34-19-8-14(22(26)27)15(9-31-19)21(40)20(24(38)35-7-5-6-12(35)2)32-13(3)23(37)33-16-10-39-11-17(16)36/h8-9,12,16-18,20,22,36H,4-7,10-11H2,1-3H3,(H,31,34)(H,33,37)/t12-,16+,17+,18+,20?/m0/s1. The molecule has 0 aromatic carbocycles. The van der Waals surface area contributed by atoms with E-state index in [-0.39, 0.29) is 41.8 Å². The number of carbonyl (C=O) groups excluding carboxylic acids is 2. The van der Waals surface area contributed by atoms with Gasteiger partial charge in [-0.3, -0.25) is 14.6 Å². The molecule has 0 radical (unpaired) electrons. The molecule has 0 spiro atoms. The Labute approximate surface area is 233 Å². The molecule has 1 aromatic heterocycles. The molecule has 40 heavy (non-hydrogen) atoms. The molecule has 2 amide bonds. The van der Waals surface area contributed by atoms with E-state index in [1.54, 1.807) is 0 Å². The highest BCUT2D eigenvalue weighted by molar-refractivity contribution is 7.81. The number of likely N-dealkylation sites (tertiary alicyclic amines) is 1. The summed E-state index contributed by atoms with van der Waals surface area (Å²) in [5, 5.41) is 14.6. The van der Waals surface area contributed by atoms with Gasteiger partial charge in [0.1, 0.15) is 11.9 Å². The third-order valence-electron chi connectivity index (χ3n) is 6.90. The van der Waals surface area contributed by atoms with Crippen LogP contribution in [0.15, 0.2) is 17.3 Å². The minimum absolute atomic E-state index is 0.0371. The summed E-state index contributed by atoms with van der Waals surface area (Å²) >= 11 is 5.46. The van der Waals surface area contributed by atoms with Crippen molar-refractivity contribution < 1.29 is 41.4 Å². The van der Waals surface area contributed by atoms with Crippen LogP contribution in [0.25, 0.3) is 0 Å². The second kappa shape index (κ2) is 13.3. The van der Waals surface area contributed by atoms with E-state index < -0.39 is 60.0 Å². The minimum Gasteiger partial charge on any atom is -0.388 e. The summed E-state index contributed by atoms with van der Waals surface area (Å²) in [6.45, 7) is 4.90. The van der Waals surface area contributed by atoms with Crippen molar-refractivity contribution in [1.29, 1.82) is 0 Å². The zero-order chi connectivity index (χ0) is 29.8. The Kier molecular flexibility index (Phi) is 10.5. The number of amides is 2. The van der Waals surface area contributed by atoms with Crippen LogP contribution in [0.2, 0.25) is 0 Å². The zero-order valence-electron chi connectivity index (χ0n) is 22.2. The normalized spacial score (nSPS) is 23.3. The molecule has 2 saturated heterocycles. The number of thiocarbonyl (C=S) groups is 1. The van der Waals surface area contributed by atoms with Gasteiger partial charge in [-0.2, -0.15) is 13.2 Å². The fraction of sp³-hybridized carbons (Fsp3) is 0.640. The number of alkyl halides is 5. The van der Waals surface area contributed by atoms with Gasteiger partial charge in [-0.25, -0.2) is 13.8 Å². The average Bonchev–Trinajstić information content (AvgIpc) is 3.51. The molecule has 2 aliphatic heterocycles. The Morgan fingerprint density at radius 1 is 1.32 bits per heavy atom. The van der Waals surface area contributed by atoms with Gasteiger partial charge < -0.3 is 25.4 Å². The number of halogens is 5. The molecule has 2 fully saturated rings. The van der Waals surface area contributed by atoms with Crippen LogP contribution >= 0.6 is 12.2 Å². The Morgan fingerprint density at radius 3 is 2.55 bits per heavy atom. The van der Waals surface area contributed by atoms with Crippen LogP contribution in [-0.2, 0) is 14.3 Å². The number of aliphatic hydroxyl groups is 1. The predicted molar refractivity (Wildman–Crippen MR) is 141 cm³/mol. The first kappa shape index (κ1) is 31.7. The molecule has 0 saturated carbocycles. The van der Waals surface area contributed by atoms with Crippen molar-refractivity contribution in [2.75, 3.05) is 25.1 Å². The van der Waals surface area contributed by atoms with Crippen molar-refractivity contribution in [2.45, 2.75) is 82.9 Å². The van der Waals surface area contributed by atoms with E-state index in [0.29, 0.717) is 19.4 Å². The van der Waals surface area contributed by atoms with Gasteiger partial charge in [0.15, 0.2) is 6.04 Å². The molecule has 15 heteroatoms. The molecule has 3 N–H and O–H groups in total.